The molecule has 284 valence electrons. The molecule has 6 aromatic rings. The number of benzene rings is 4. The van der Waals surface area contributed by atoms with Gasteiger partial charge in [0.05, 0.1) is 66.0 Å². The zero-order chi connectivity index (χ0) is 38.7. The van der Waals surface area contributed by atoms with Crippen LogP contribution >= 0.6 is 0 Å². The van der Waals surface area contributed by atoms with E-state index in [0.29, 0.717) is 35.6 Å². The van der Waals surface area contributed by atoms with Crippen molar-refractivity contribution in [3.8, 4) is 46.2 Å². The largest absolute Gasteiger partial charge is 1.00 e. The van der Waals surface area contributed by atoms with Gasteiger partial charge in [-0.2, -0.15) is 10.5 Å². The number of sulfonamides is 2. The van der Waals surface area contributed by atoms with Gasteiger partial charge in [-0.25, -0.2) is 16.8 Å². The third-order valence-electron chi connectivity index (χ3n) is 8.86. The average Bonchev–Trinajstić information content (AvgIpc) is 3.64. The summed E-state index contributed by atoms with van der Waals surface area (Å²) in [4.78, 5) is 0. The van der Waals surface area contributed by atoms with Gasteiger partial charge in [-0.15, -0.1) is 0 Å². The third-order valence-corrected chi connectivity index (χ3v) is 10.7. The van der Waals surface area contributed by atoms with Gasteiger partial charge in [0.25, 0.3) is 0 Å². The summed E-state index contributed by atoms with van der Waals surface area (Å²) in [5.41, 5.74) is 7.42. The van der Waals surface area contributed by atoms with Crippen LogP contribution in [0.15, 0.2) is 84.9 Å². The number of nitrogens with zero attached hydrogens (tertiary/aromatic N) is 5. The van der Waals surface area contributed by atoms with Crippen LogP contribution in [-0.4, -0.2) is 59.7 Å². The fourth-order valence-corrected chi connectivity index (χ4v) is 7.40. The number of rotatable bonds is 10. The summed E-state index contributed by atoms with van der Waals surface area (Å²) in [5, 5.41) is 21.2. The van der Waals surface area contributed by atoms with Crippen molar-refractivity contribution in [2.24, 2.45) is 0 Å². The van der Waals surface area contributed by atoms with Crippen LogP contribution in [0.1, 0.15) is 33.8 Å². The van der Waals surface area contributed by atoms with Gasteiger partial charge in [-0.05, 0) is 73.5 Å². The van der Waals surface area contributed by atoms with E-state index in [-0.39, 0.29) is 38.4 Å². The number of nitrogens with one attached hydrogen (secondary N) is 1. The van der Waals surface area contributed by atoms with Crippen molar-refractivity contribution in [1.29, 1.82) is 10.5 Å². The summed E-state index contributed by atoms with van der Waals surface area (Å²) in [7, 11) is -1.92. The predicted molar refractivity (Wildman–Crippen MR) is 218 cm³/mol. The maximum Gasteiger partial charge on any atom is 1.00 e. The Bertz CT molecular complexity index is 2630. The van der Waals surface area contributed by atoms with Gasteiger partial charge in [-0.3, -0.25) is 9.03 Å². The van der Waals surface area contributed by atoms with Gasteiger partial charge in [0.2, 0.25) is 20.0 Å². The SMILES string of the molecule is C.CCn1c(-c2ccc(N(C)S(C)(=O)=O)cc2)c(C#N)c2ccc(OC)cc21.CCn1c(-c2ccc(NS(C)(=O)=O)cc2)c(C#N)c2ccc(OC)cc21.[H-].[Na+]. The number of anilines is 2. The average molecular weight is 793 g/mol. The van der Waals surface area contributed by atoms with Crippen LogP contribution in [0.25, 0.3) is 44.3 Å². The van der Waals surface area contributed by atoms with Gasteiger partial charge in [0.1, 0.15) is 23.6 Å². The normalized spacial score (nSPS) is 10.9. The van der Waals surface area contributed by atoms with E-state index < -0.39 is 20.0 Å². The van der Waals surface area contributed by atoms with Crippen molar-refractivity contribution in [2.75, 3.05) is 42.8 Å². The molecule has 0 spiro atoms. The van der Waals surface area contributed by atoms with Gasteiger partial charge in [0.15, 0.2) is 0 Å². The standard InChI is InChI=1S/C20H21N3O3S.C19H19N3O3S.CH4.Na.H/c1-5-23-19-12-16(26-3)10-11-17(19)18(13-21)20(23)14-6-8-15(9-7-14)22(2)27(4,24)25;1-4-22-18-11-15(25-2)9-10-16(18)17(12-20)19(22)13-5-7-14(8-6-13)21-26(3,23)24;;;/h6-12H,5H2,1-4H3;5-11,21H,4H2,1-3H3;1H4;;/q;;;+1;-1. The molecule has 0 atom stereocenters. The van der Waals surface area contributed by atoms with Crippen LogP contribution in [0.3, 0.4) is 0 Å². The molecule has 0 aliphatic rings. The van der Waals surface area contributed by atoms with E-state index in [1.165, 1.54) is 11.4 Å². The van der Waals surface area contributed by atoms with Crippen molar-refractivity contribution in [3.63, 3.8) is 0 Å². The van der Waals surface area contributed by atoms with E-state index in [9.17, 15) is 27.4 Å². The molecule has 6 rings (SSSR count). The number of nitriles is 2. The van der Waals surface area contributed by atoms with Crippen LogP contribution in [-0.2, 0) is 33.1 Å². The number of fused-ring (bicyclic) bond motifs is 2. The molecule has 0 bridgehead atoms. The summed E-state index contributed by atoms with van der Waals surface area (Å²) >= 11 is 0. The van der Waals surface area contributed by atoms with Crippen LogP contribution in [0, 0.1) is 22.7 Å². The maximum atomic E-state index is 11.7. The molecule has 0 aliphatic heterocycles. The fraction of sp³-hybridized carbons (Fsp3) is 0.250. The maximum absolute atomic E-state index is 11.7. The van der Waals surface area contributed by atoms with E-state index in [4.69, 9.17) is 9.47 Å². The number of hydrogen-bond donors (Lipinski definition) is 1. The second kappa shape index (κ2) is 18.1. The number of aromatic nitrogens is 2. The molecule has 0 amide bonds. The fourth-order valence-electron chi connectivity index (χ4n) is 6.33. The minimum atomic E-state index is -3.33. The smallest absolute Gasteiger partial charge is 1.00 e. The molecule has 0 radical (unpaired) electrons. The van der Waals surface area contributed by atoms with Crippen molar-refractivity contribution < 1.29 is 57.3 Å². The van der Waals surface area contributed by atoms with Gasteiger partial charge < -0.3 is 20.0 Å². The van der Waals surface area contributed by atoms with E-state index in [0.717, 1.165) is 68.3 Å². The van der Waals surface area contributed by atoms with Crippen molar-refractivity contribution in [1.82, 2.24) is 9.13 Å². The van der Waals surface area contributed by atoms with E-state index in [1.807, 2.05) is 74.5 Å². The quantitative estimate of drug-likeness (QED) is 0.191. The second-order valence-corrected chi connectivity index (χ2v) is 15.9. The first-order valence-electron chi connectivity index (χ1n) is 16.5. The molecule has 2 heterocycles. The van der Waals surface area contributed by atoms with Crippen molar-refractivity contribution in [2.45, 2.75) is 34.4 Å². The molecule has 15 heteroatoms. The van der Waals surface area contributed by atoms with E-state index >= 15 is 0 Å². The summed E-state index contributed by atoms with van der Waals surface area (Å²) in [6.07, 6.45) is 2.27. The Morgan fingerprint density at radius 1 is 0.709 bits per heavy atom. The first kappa shape index (κ1) is 44.4. The molecule has 4 aromatic carbocycles. The van der Waals surface area contributed by atoms with Crippen LogP contribution < -0.4 is 48.1 Å². The zero-order valence-corrected chi connectivity index (χ0v) is 35.1. The van der Waals surface area contributed by atoms with Crippen LogP contribution in [0.2, 0.25) is 0 Å². The van der Waals surface area contributed by atoms with Crippen LogP contribution in [0.5, 0.6) is 11.5 Å². The molecule has 2 aromatic heterocycles. The summed E-state index contributed by atoms with van der Waals surface area (Å²) in [5.74, 6) is 1.46. The molecule has 0 unspecified atom stereocenters. The second-order valence-electron chi connectivity index (χ2n) is 12.2. The van der Waals surface area contributed by atoms with Crippen molar-refractivity contribution >= 4 is 53.2 Å². The first-order chi connectivity index (χ1) is 25.2. The predicted octanol–water partition coefficient (Wildman–Crippen LogP) is 4.94. The Labute approximate surface area is 347 Å². The first-order valence-corrected chi connectivity index (χ1v) is 20.3. The molecule has 0 saturated carbocycles. The van der Waals surface area contributed by atoms with Gasteiger partial charge >= 0.3 is 29.6 Å². The molecule has 55 heavy (non-hydrogen) atoms. The molecule has 12 nitrogen and oxygen atoms in total. The Morgan fingerprint density at radius 2 is 1.11 bits per heavy atom. The Hall–Kier alpha value is -4.96. The molecule has 0 aliphatic carbocycles. The zero-order valence-electron chi connectivity index (χ0n) is 32.5. The Balaban J connectivity index is 0.000000367. The summed E-state index contributed by atoms with van der Waals surface area (Å²) in [6.45, 7) is 5.41. The van der Waals surface area contributed by atoms with Crippen LogP contribution in [0.4, 0.5) is 11.4 Å². The van der Waals surface area contributed by atoms with E-state index in [2.05, 4.69) is 26.0 Å². The Kier molecular flexibility index (Phi) is 14.6. The van der Waals surface area contributed by atoms with Gasteiger partial charge in [0, 0.05) is 48.7 Å². The topological polar surface area (TPSA) is 159 Å². The third kappa shape index (κ3) is 9.30. The van der Waals surface area contributed by atoms with E-state index in [1.54, 1.807) is 38.5 Å². The van der Waals surface area contributed by atoms with Crippen molar-refractivity contribution in [3.05, 3.63) is 96.1 Å². The number of methoxy groups -OCH3 is 2. The number of aryl methyl sites for hydroxylation is 2. The summed E-state index contributed by atoms with van der Waals surface area (Å²) < 4.78 is 64.6. The monoisotopic (exact) mass is 792 g/mol. The molecular weight excluding hydrogens is 748 g/mol. The molecule has 0 fully saturated rings. The summed E-state index contributed by atoms with van der Waals surface area (Å²) in [6, 6.07) is 30.1. The Morgan fingerprint density at radius 3 is 1.44 bits per heavy atom. The number of ether oxygens (including phenoxy) is 2. The number of hydrogen-bond acceptors (Lipinski definition) is 8. The minimum Gasteiger partial charge on any atom is -1.00 e. The van der Waals surface area contributed by atoms with Gasteiger partial charge in [-0.1, -0.05) is 31.7 Å². The minimum absolute atomic E-state index is 0. The molecule has 1 N–H and O–H groups in total. The molecule has 0 saturated heterocycles. The molecular formula is C40H45N6NaO6S2.